The van der Waals surface area contributed by atoms with Crippen molar-refractivity contribution in [3.05, 3.63) is 0 Å². The van der Waals surface area contributed by atoms with Gasteiger partial charge in [0.2, 0.25) is 5.60 Å². The van der Waals surface area contributed by atoms with Crippen LogP contribution in [0.5, 0.6) is 0 Å². The van der Waals surface area contributed by atoms with Crippen molar-refractivity contribution < 1.29 is 43.9 Å². The molecule has 0 aromatic carbocycles. The molecule has 0 aliphatic carbocycles. The molecule has 0 fully saturated rings. The van der Waals surface area contributed by atoms with Gasteiger partial charge in [-0.25, -0.2) is 9.59 Å². The summed E-state index contributed by atoms with van der Waals surface area (Å²) in [6, 6.07) is 0. The minimum Gasteiger partial charge on any atom is -0.465 e. The van der Waals surface area contributed by atoms with Crippen LogP contribution in [0, 0.1) is 17.8 Å². The Morgan fingerprint density at radius 2 is 0.949 bits per heavy atom. The van der Waals surface area contributed by atoms with Crippen molar-refractivity contribution in [2.75, 3.05) is 19.8 Å². The maximum atomic E-state index is 13.1. The van der Waals surface area contributed by atoms with E-state index >= 15 is 0 Å². The number of ether oxygens (including phenoxy) is 3. The number of unbranched alkanes of at least 4 members (excludes halogenated alkanes) is 3. The van der Waals surface area contributed by atoms with E-state index in [1.165, 1.54) is 0 Å². The molecular formula is C30H56O9. The van der Waals surface area contributed by atoms with Crippen LogP contribution in [0.15, 0.2) is 0 Å². The van der Waals surface area contributed by atoms with Crippen LogP contribution in [-0.4, -0.2) is 64.4 Å². The SMILES string of the molecule is CCCCC(CC)COC(=O)CC(O)(C(=O)OCC(CC)CCCC)C(O)(O)C(=O)OCC(CC)CCCC. The molecule has 0 heterocycles. The second-order valence-electron chi connectivity index (χ2n) is 10.8. The maximum Gasteiger partial charge on any atom is 0.370 e. The largest absolute Gasteiger partial charge is 0.465 e. The van der Waals surface area contributed by atoms with E-state index in [4.69, 9.17) is 14.2 Å². The summed E-state index contributed by atoms with van der Waals surface area (Å²) in [5.41, 5.74) is -3.31. The summed E-state index contributed by atoms with van der Waals surface area (Å²) in [6.07, 6.45) is 9.07. The average Bonchev–Trinajstić information content (AvgIpc) is 2.92. The summed E-state index contributed by atoms with van der Waals surface area (Å²) in [5, 5.41) is 32.9. The second kappa shape index (κ2) is 20.2. The molecule has 9 nitrogen and oxygen atoms in total. The van der Waals surface area contributed by atoms with Gasteiger partial charge in [-0.1, -0.05) is 99.3 Å². The normalized spacial score (nSPS) is 15.6. The maximum absolute atomic E-state index is 13.1. The quantitative estimate of drug-likeness (QED) is 0.0888. The number of hydrogen-bond donors (Lipinski definition) is 3. The highest BCUT2D eigenvalue weighted by Crippen LogP contribution is 2.30. The summed E-state index contributed by atoms with van der Waals surface area (Å²) in [5.74, 6) is -7.81. The third-order valence-corrected chi connectivity index (χ3v) is 7.61. The Balaban J connectivity index is 5.75. The topological polar surface area (TPSA) is 140 Å². The standard InChI is InChI=1S/C30H56O9/c1-7-13-16-23(10-4)20-37-26(31)19-29(34,27(32)38-21-24(11-5)17-14-8-2)30(35,36)28(33)39-22-25(12-6)18-15-9-3/h23-25,34-36H,7-22H2,1-6H3. The highest BCUT2D eigenvalue weighted by atomic mass is 16.6. The highest BCUT2D eigenvalue weighted by Gasteiger charge is 2.63. The van der Waals surface area contributed by atoms with Gasteiger partial charge in [0.1, 0.15) is 0 Å². The van der Waals surface area contributed by atoms with Gasteiger partial charge in [-0.3, -0.25) is 4.79 Å². The zero-order valence-electron chi connectivity index (χ0n) is 25.3. The van der Waals surface area contributed by atoms with E-state index in [0.29, 0.717) is 12.8 Å². The first-order valence-electron chi connectivity index (χ1n) is 15.1. The third kappa shape index (κ3) is 13.0. The van der Waals surface area contributed by atoms with Gasteiger partial charge in [-0.05, 0) is 37.0 Å². The van der Waals surface area contributed by atoms with Crippen molar-refractivity contribution in [2.24, 2.45) is 17.8 Å². The first-order chi connectivity index (χ1) is 18.5. The van der Waals surface area contributed by atoms with Gasteiger partial charge in [0.05, 0.1) is 26.2 Å². The molecule has 0 rings (SSSR count). The Labute approximate surface area is 236 Å². The summed E-state index contributed by atoms with van der Waals surface area (Å²) in [4.78, 5) is 38.7. The smallest absolute Gasteiger partial charge is 0.370 e. The van der Waals surface area contributed by atoms with Gasteiger partial charge >= 0.3 is 23.7 Å². The molecule has 3 N–H and O–H groups in total. The summed E-state index contributed by atoms with van der Waals surface area (Å²) in [6.45, 7) is 11.8. The Morgan fingerprint density at radius 3 is 1.31 bits per heavy atom. The van der Waals surface area contributed by atoms with Crippen LogP contribution >= 0.6 is 0 Å². The summed E-state index contributed by atoms with van der Waals surface area (Å²) >= 11 is 0. The Morgan fingerprint density at radius 1 is 0.590 bits per heavy atom. The molecule has 0 aliphatic heterocycles. The van der Waals surface area contributed by atoms with Crippen LogP contribution in [0.2, 0.25) is 0 Å². The monoisotopic (exact) mass is 560 g/mol. The molecule has 230 valence electrons. The average molecular weight is 561 g/mol. The number of carbonyl (C=O) groups is 3. The molecule has 4 atom stereocenters. The fourth-order valence-electron chi connectivity index (χ4n) is 4.28. The lowest BCUT2D eigenvalue weighted by molar-refractivity contribution is -0.278. The lowest BCUT2D eigenvalue weighted by Crippen LogP contribution is -2.65. The van der Waals surface area contributed by atoms with Crippen LogP contribution in [0.3, 0.4) is 0 Å². The lowest BCUT2D eigenvalue weighted by atomic mass is 9.88. The molecule has 0 spiro atoms. The predicted octanol–water partition coefficient (Wildman–Crippen LogP) is 5.07. The van der Waals surface area contributed by atoms with E-state index in [0.717, 1.165) is 64.2 Å². The number of hydrogen-bond acceptors (Lipinski definition) is 9. The van der Waals surface area contributed by atoms with E-state index < -0.39 is 35.7 Å². The van der Waals surface area contributed by atoms with E-state index in [-0.39, 0.29) is 37.6 Å². The van der Waals surface area contributed by atoms with Crippen molar-refractivity contribution in [2.45, 2.75) is 136 Å². The highest BCUT2D eigenvalue weighted by molar-refractivity contribution is 5.94. The molecule has 39 heavy (non-hydrogen) atoms. The first-order valence-corrected chi connectivity index (χ1v) is 15.1. The molecule has 0 bridgehead atoms. The minimum absolute atomic E-state index is 0.0170. The molecule has 0 aromatic heterocycles. The van der Waals surface area contributed by atoms with Crippen molar-refractivity contribution in [1.82, 2.24) is 0 Å². The Hall–Kier alpha value is -1.71. The fraction of sp³-hybridized carbons (Fsp3) is 0.900. The zero-order valence-corrected chi connectivity index (χ0v) is 25.3. The van der Waals surface area contributed by atoms with Gasteiger partial charge in [-0.15, -0.1) is 0 Å². The van der Waals surface area contributed by atoms with Crippen molar-refractivity contribution in [3.8, 4) is 0 Å². The van der Waals surface area contributed by atoms with E-state index in [1.807, 2.05) is 34.6 Å². The van der Waals surface area contributed by atoms with Gasteiger partial charge in [0.15, 0.2) is 0 Å². The van der Waals surface area contributed by atoms with Crippen LogP contribution in [0.25, 0.3) is 0 Å². The van der Waals surface area contributed by atoms with Crippen LogP contribution in [0.4, 0.5) is 0 Å². The minimum atomic E-state index is -3.72. The van der Waals surface area contributed by atoms with Crippen LogP contribution < -0.4 is 0 Å². The Bertz CT molecular complexity index is 694. The van der Waals surface area contributed by atoms with Crippen LogP contribution in [-0.2, 0) is 28.6 Å². The van der Waals surface area contributed by atoms with Crippen molar-refractivity contribution in [1.29, 1.82) is 0 Å². The number of rotatable bonds is 23. The van der Waals surface area contributed by atoms with Crippen molar-refractivity contribution >= 4 is 17.9 Å². The van der Waals surface area contributed by atoms with Gasteiger partial charge in [0.25, 0.3) is 0 Å². The molecule has 0 radical (unpaired) electrons. The molecule has 0 aliphatic rings. The summed E-state index contributed by atoms with van der Waals surface area (Å²) < 4.78 is 15.7. The number of carbonyl (C=O) groups excluding carboxylic acids is 3. The second-order valence-corrected chi connectivity index (χ2v) is 10.8. The molecule has 4 unspecified atom stereocenters. The molecular weight excluding hydrogens is 504 g/mol. The summed E-state index contributed by atoms with van der Waals surface area (Å²) in [7, 11) is 0. The molecule has 0 saturated heterocycles. The van der Waals surface area contributed by atoms with Crippen molar-refractivity contribution in [3.63, 3.8) is 0 Å². The molecule has 0 amide bonds. The predicted molar refractivity (Wildman–Crippen MR) is 150 cm³/mol. The third-order valence-electron chi connectivity index (χ3n) is 7.61. The zero-order chi connectivity index (χ0) is 29.9. The van der Waals surface area contributed by atoms with Gasteiger partial charge in [-0.2, -0.15) is 0 Å². The number of aliphatic hydroxyl groups is 3. The van der Waals surface area contributed by atoms with E-state index in [2.05, 4.69) is 6.92 Å². The van der Waals surface area contributed by atoms with Gasteiger partial charge in [0, 0.05) is 0 Å². The van der Waals surface area contributed by atoms with E-state index in [9.17, 15) is 29.7 Å². The fourth-order valence-corrected chi connectivity index (χ4v) is 4.28. The first kappa shape index (κ1) is 37.3. The molecule has 0 saturated carbocycles. The Kier molecular flexibility index (Phi) is 19.3. The van der Waals surface area contributed by atoms with Crippen LogP contribution in [0.1, 0.15) is 125 Å². The lowest BCUT2D eigenvalue weighted by Gasteiger charge is -2.35. The number of esters is 3. The van der Waals surface area contributed by atoms with E-state index in [1.54, 1.807) is 0 Å². The molecule has 0 aromatic rings. The molecule has 9 heteroatoms. The van der Waals surface area contributed by atoms with Gasteiger partial charge < -0.3 is 29.5 Å².